The van der Waals surface area contributed by atoms with Crippen molar-refractivity contribution in [2.45, 2.75) is 6.92 Å². The van der Waals surface area contributed by atoms with Crippen LogP contribution in [0.3, 0.4) is 0 Å². The van der Waals surface area contributed by atoms with E-state index < -0.39 is 0 Å². The molecule has 0 aliphatic rings. The molecule has 0 aromatic heterocycles. The molecule has 0 atom stereocenters. The standard InChI is InChI=1S/C10H9BrO/c1-8-7-10(11)5-4-9(8)3-2-6-12/h2-7H,1H3/b3-2+. The number of hydrogen-bond acceptors (Lipinski definition) is 1. The summed E-state index contributed by atoms with van der Waals surface area (Å²) in [6.45, 7) is 2.01. The smallest absolute Gasteiger partial charge is 0.142 e. The molecule has 0 N–H and O–H groups in total. The molecule has 0 aliphatic heterocycles. The van der Waals surface area contributed by atoms with Crippen LogP contribution in [-0.4, -0.2) is 6.29 Å². The van der Waals surface area contributed by atoms with Crippen molar-refractivity contribution in [1.29, 1.82) is 0 Å². The molecule has 62 valence electrons. The fourth-order valence-corrected chi connectivity index (χ4v) is 1.44. The predicted octanol–water partition coefficient (Wildman–Crippen LogP) is 2.97. The average molecular weight is 225 g/mol. The van der Waals surface area contributed by atoms with Gasteiger partial charge in [0, 0.05) is 4.47 Å². The largest absolute Gasteiger partial charge is 0.299 e. The first-order valence-electron chi connectivity index (χ1n) is 3.62. The van der Waals surface area contributed by atoms with Crippen molar-refractivity contribution in [3.05, 3.63) is 39.9 Å². The van der Waals surface area contributed by atoms with Crippen molar-refractivity contribution < 1.29 is 4.79 Å². The monoisotopic (exact) mass is 224 g/mol. The normalized spacial score (nSPS) is 10.5. The molecule has 1 aromatic rings. The molecule has 0 saturated carbocycles. The van der Waals surface area contributed by atoms with Gasteiger partial charge in [-0.15, -0.1) is 0 Å². The maximum Gasteiger partial charge on any atom is 0.142 e. The number of rotatable bonds is 2. The van der Waals surface area contributed by atoms with E-state index in [1.807, 2.05) is 25.1 Å². The van der Waals surface area contributed by atoms with Gasteiger partial charge in [-0.1, -0.05) is 28.1 Å². The number of allylic oxidation sites excluding steroid dienone is 1. The van der Waals surface area contributed by atoms with Crippen LogP contribution in [0.1, 0.15) is 11.1 Å². The highest BCUT2D eigenvalue weighted by Crippen LogP contribution is 2.16. The molecule has 0 spiro atoms. The fourth-order valence-electron chi connectivity index (χ4n) is 0.969. The Balaban J connectivity index is 3.01. The molecular formula is C10H9BrO. The van der Waals surface area contributed by atoms with E-state index in [1.165, 1.54) is 6.08 Å². The maximum atomic E-state index is 10.1. The second-order valence-electron chi connectivity index (χ2n) is 2.50. The Kier molecular flexibility index (Phi) is 3.23. The van der Waals surface area contributed by atoms with Crippen LogP contribution in [0.25, 0.3) is 6.08 Å². The van der Waals surface area contributed by atoms with Crippen LogP contribution in [-0.2, 0) is 4.79 Å². The minimum atomic E-state index is 0.779. The van der Waals surface area contributed by atoms with Crippen molar-refractivity contribution in [1.82, 2.24) is 0 Å². The lowest BCUT2D eigenvalue weighted by atomic mass is 10.1. The summed E-state index contributed by atoms with van der Waals surface area (Å²) < 4.78 is 1.06. The molecule has 0 bridgehead atoms. The van der Waals surface area contributed by atoms with E-state index in [9.17, 15) is 4.79 Å². The number of carbonyl (C=O) groups excluding carboxylic acids is 1. The molecule has 0 fully saturated rings. The molecule has 1 aromatic carbocycles. The Morgan fingerprint density at radius 1 is 1.42 bits per heavy atom. The van der Waals surface area contributed by atoms with Crippen LogP contribution < -0.4 is 0 Å². The van der Waals surface area contributed by atoms with Gasteiger partial charge in [0.2, 0.25) is 0 Å². The lowest BCUT2D eigenvalue weighted by Gasteiger charge is -1.99. The highest BCUT2D eigenvalue weighted by molar-refractivity contribution is 9.10. The van der Waals surface area contributed by atoms with Gasteiger partial charge in [0.25, 0.3) is 0 Å². The second kappa shape index (κ2) is 4.21. The van der Waals surface area contributed by atoms with Gasteiger partial charge in [-0.3, -0.25) is 4.79 Å². The third-order valence-corrected chi connectivity index (χ3v) is 2.08. The van der Waals surface area contributed by atoms with E-state index in [4.69, 9.17) is 0 Å². The summed E-state index contributed by atoms with van der Waals surface area (Å²) in [6, 6.07) is 5.95. The molecule has 12 heavy (non-hydrogen) atoms. The summed E-state index contributed by atoms with van der Waals surface area (Å²) >= 11 is 3.37. The second-order valence-corrected chi connectivity index (χ2v) is 3.41. The number of halogens is 1. The molecule has 0 unspecified atom stereocenters. The van der Waals surface area contributed by atoms with Crippen molar-refractivity contribution >= 4 is 28.3 Å². The van der Waals surface area contributed by atoms with E-state index in [1.54, 1.807) is 6.08 Å². The van der Waals surface area contributed by atoms with E-state index in [0.29, 0.717) is 0 Å². The summed E-state index contributed by atoms with van der Waals surface area (Å²) in [6.07, 6.45) is 4.08. The molecular weight excluding hydrogens is 216 g/mol. The predicted molar refractivity (Wildman–Crippen MR) is 54.0 cm³/mol. The first-order chi connectivity index (χ1) is 5.74. The van der Waals surface area contributed by atoms with Gasteiger partial charge in [0.15, 0.2) is 0 Å². The van der Waals surface area contributed by atoms with Gasteiger partial charge in [-0.25, -0.2) is 0 Å². The number of carbonyl (C=O) groups is 1. The summed E-state index contributed by atoms with van der Waals surface area (Å²) in [5.41, 5.74) is 2.23. The SMILES string of the molecule is Cc1cc(Br)ccc1/C=C/C=O. The minimum absolute atomic E-state index is 0.779. The number of aryl methyl sites for hydroxylation is 1. The van der Waals surface area contributed by atoms with E-state index >= 15 is 0 Å². The van der Waals surface area contributed by atoms with Gasteiger partial charge < -0.3 is 0 Å². The van der Waals surface area contributed by atoms with Crippen molar-refractivity contribution in [2.24, 2.45) is 0 Å². The summed E-state index contributed by atoms with van der Waals surface area (Å²) in [5, 5.41) is 0. The maximum absolute atomic E-state index is 10.1. The van der Waals surface area contributed by atoms with Crippen molar-refractivity contribution in [2.75, 3.05) is 0 Å². The Labute approximate surface area is 80.2 Å². The molecule has 0 heterocycles. The molecule has 1 nitrogen and oxygen atoms in total. The van der Waals surface area contributed by atoms with Crippen LogP contribution in [0.15, 0.2) is 28.7 Å². The van der Waals surface area contributed by atoms with Crippen LogP contribution in [0.2, 0.25) is 0 Å². The third kappa shape index (κ3) is 2.31. The summed E-state index contributed by atoms with van der Waals surface area (Å²) in [5.74, 6) is 0. The first kappa shape index (κ1) is 9.20. The van der Waals surface area contributed by atoms with E-state index in [0.717, 1.165) is 21.9 Å². The highest BCUT2D eigenvalue weighted by atomic mass is 79.9. The van der Waals surface area contributed by atoms with Crippen molar-refractivity contribution in [3.63, 3.8) is 0 Å². The molecule has 0 aliphatic carbocycles. The first-order valence-corrected chi connectivity index (χ1v) is 4.41. The highest BCUT2D eigenvalue weighted by Gasteiger charge is 1.93. The zero-order valence-electron chi connectivity index (χ0n) is 6.75. The van der Waals surface area contributed by atoms with Crippen LogP contribution in [0.4, 0.5) is 0 Å². The number of hydrogen-bond donors (Lipinski definition) is 0. The van der Waals surface area contributed by atoms with E-state index in [2.05, 4.69) is 15.9 Å². The Hall–Kier alpha value is -0.890. The zero-order chi connectivity index (χ0) is 8.97. The molecule has 1 rings (SSSR count). The Morgan fingerprint density at radius 3 is 2.75 bits per heavy atom. The quantitative estimate of drug-likeness (QED) is 0.558. The Bertz CT molecular complexity index is 316. The lowest BCUT2D eigenvalue weighted by Crippen LogP contribution is -1.79. The molecule has 0 saturated heterocycles. The fraction of sp³-hybridized carbons (Fsp3) is 0.100. The molecule has 2 heteroatoms. The third-order valence-electron chi connectivity index (χ3n) is 1.59. The summed E-state index contributed by atoms with van der Waals surface area (Å²) in [4.78, 5) is 10.1. The zero-order valence-corrected chi connectivity index (χ0v) is 8.34. The van der Waals surface area contributed by atoms with Gasteiger partial charge >= 0.3 is 0 Å². The average Bonchev–Trinajstić information content (AvgIpc) is 2.03. The van der Waals surface area contributed by atoms with Gasteiger partial charge in [0.1, 0.15) is 6.29 Å². The minimum Gasteiger partial charge on any atom is -0.299 e. The van der Waals surface area contributed by atoms with E-state index in [-0.39, 0.29) is 0 Å². The van der Waals surface area contributed by atoms with Gasteiger partial charge in [-0.2, -0.15) is 0 Å². The van der Waals surface area contributed by atoms with Crippen LogP contribution in [0, 0.1) is 6.92 Å². The lowest BCUT2D eigenvalue weighted by molar-refractivity contribution is -0.104. The summed E-state index contributed by atoms with van der Waals surface area (Å²) in [7, 11) is 0. The van der Waals surface area contributed by atoms with Crippen LogP contribution in [0.5, 0.6) is 0 Å². The Morgan fingerprint density at radius 2 is 2.17 bits per heavy atom. The van der Waals surface area contributed by atoms with Gasteiger partial charge in [-0.05, 0) is 36.3 Å². The van der Waals surface area contributed by atoms with Gasteiger partial charge in [0.05, 0.1) is 0 Å². The van der Waals surface area contributed by atoms with Crippen LogP contribution >= 0.6 is 15.9 Å². The molecule has 0 radical (unpaired) electrons. The number of benzene rings is 1. The molecule has 0 amide bonds. The van der Waals surface area contributed by atoms with Crippen molar-refractivity contribution in [3.8, 4) is 0 Å². The topological polar surface area (TPSA) is 17.1 Å². The number of aldehydes is 1.